The molecule has 2 aliphatic heterocycles. The summed E-state index contributed by atoms with van der Waals surface area (Å²) in [5, 5.41) is 9.40. The average molecular weight is 242 g/mol. The molecule has 2 amide bonds. The predicted molar refractivity (Wildman–Crippen MR) is 62.4 cm³/mol. The molecule has 96 valence electrons. The Morgan fingerprint density at radius 2 is 2.06 bits per heavy atom. The maximum Gasteiger partial charge on any atom is 0.413 e. The minimum absolute atomic E-state index is 0.110. The Balaban J connectivity index is 1.82. The lowest BCUT2D eigenvalue weighted by Crippen LogP contribution is -2.42. The van der Waals surface area contributed by atoms with Crippen molar-refractivity contribution in [1.29, 1.82) is 0 Å². The molecule has 0 aromatic heterocycles. The molecule has 2 saturated heterocycles. The topological polar surface area (TPSA) is 62.2 Å². The highest BCUT2D eigenvalue weighted by Gasteiger charge is 2.36. The van der Waals surface area contributed by atoms with Crippen molar-refractivity contribution in [3.63, 3.8) is 0 Å². The predicted octanol–water partition coefficient (Wildman–Crippen LogP) is -0.0126. The second kappa shape index (κ2) is 4.84. The third kappa shape index (κ3) is 2.73. The molecule has 2 fully saturated rings. The van der Waals surface area contributed by atoms with Crippen molar-refractivity contribution >= 4 is 13.1 Å². The monoisotopic (exact) mass is 242 g/mol. The Morgan fingerprint density at radius 1 is 1.41 bits per heavy atom. The van der Waals surface area contributed by atoms with Crippen LogP contribution < -0.4 is 0 Å². The number of ether oxygens (including phenoxy) is 2. The molecule has 0 atom stereocenters. The van der Waals surface area contributed by atoms with Gasteiger partial charge >= 0.3 is 13.1 Å². The number of carbonyl (C=O) groups is 1. The molecule has 6 nitrogen and oxygen atoms in total. The van der Waals surface area contributed by atoms with E-state index in [1.54, 1.807) is 11.7 Å². The van der Waals surface area contributed by atoms with Gasteiger partial charge in [0.2, 0.25) is 0 Å². The number of amides is 2. The van der Waals surface area contributed by atoms with E-state index < -0.39 is 12.8 Å². The molecule has 0 radical (unpaired) electrons. The van der Waals surface area contributed by atoms with Crippen LogP contribution in [-0.2, 0) is 9.47 Å². The number of urea groups is 1. The Kier molecular flexibility index (Phi) is 3.60. The summed E-state index contributed by atoms with van der Waals surface area (Å²) in [4.78, 5) is 15.0. The molecule has 0 aliphatic carbocycles. The minimum Gasteiger partial charge on any atom is -0.432 e. The third-order valence-corrected chi connectivity index (χ3v) is 3.31. The van der Waals surface area contributed by atoms with E-state index >= 15 is 0 Å². The van der Waals surface area contributed by atoms with Gasteiger partial charge < -0.3 is 24.2 Å². The van der Waals surface area contributed by atoms with Gasteiger partial charge in [-0.25, -0.2) is 4.79 Å². The molecule has 0 unspecified atom stereocenters. The maximum absolute atomic E-state index is 11.9. The zero-order valence-corrected chi connectivity index (χ0v) is 10.4. The highest BCUT2D eigenvalue weighted by atomic mass is 16.7. The lowest BCUT2D eigenvalue weighted by Gasteiger charge is -2.25. The number of carbonyl (C=O) groups excluding carboxylic acids is 1. The number of hydrogen-bond acceptors (Lipinski definition) is 4. The van der Waals surface area contributed by atoms with Gasteiger partial charge in [-0.2, -0.15) is 0 Å². The lowest BCUT2D eigenvalue weighted by atomic mass is 9.86. The lowest BCUT2D eigenvalue weighted by molar-refractivity contribution is -0.147. The Hall–Kier alpha value is -0.785. The van der Waals surface area contributed by atoms with Crippen LogP contribution in [0, 0.1) is 0 Å². The summed E-state index contributed by atoms with van der Waals surface area (Å²) in [6, 6.07) is -0.110. The molecule has 7 heteroatoms. The van der Waals surface area contributed by atoms with Crippen LogP contribution in [0.5, 0.6) is 0 Å². The smallest absolute Gasteiger partial charge is 0.413 e. The van der Waals surface area contributed by atoms with Crippen molar-refractivity contribution in [1.82, 2.24) is 9.71 Å². The van der Waals surface area contributed by atoms with E-state index in [2.05, 4.69) is 0 Å². The van der Waals surface area contributed by atoms with E-state index in [4.69, 9.17) is 9.47 Å². The highest BCUT2D eigenvalue weighted by molar-refractivity contribution is 6.49. The molecule has 0 bridgehead atoms. The second-order valence-corrected chi connectivity index (χ2v) is 4.68. The van der Waals surface area contributed by atoms with Crippen LogP contribution in [0.4, 0.5) is 4.79 Å². The summed E-state index contributed by atoms with van der Waals surface area (Å²) < 4.78 is 11.0. The van der Waals surface area contributed by atoms with E-state index in [9.17, 15) is 9.82 Å². The van der Waals surface area contributed by atoms with Crippen molar-refractivity contribution in [2.24, 2.45) is 0 Å². The molecule has 1 N–H and O–H groups in total. The molecule has 2 rings (SSSR count). The van der Waals surface area contributed by atoms with E-state index in [0.29, 0.717) is 39.3 Å². The summed E-state index contributed by atoms with van der Waals surface area (Å²) in [6.45, 7) is 6.56. The molecule has 0 saturated carbocycles. The fourth-order valence-corrected chi connectivity index (χ4v) is 2.19. The van der Waals surface area contributed by atoms with Crippen LogP contribution in [-0.4, -0.2) is 66.5 Å². The van der Waals surface area contributed by atoms with E-state index in [1.807, 2.05) is 6.92 Å². The summed E-state index contributed by atoms with van der Waals surface area (Å²) in [5.41, 5.74) is 0. The van der Waals surface area contributed by atoms with Crippen molar-refractivity contribution in [3.8, 4) is 0 Å². The average Bonchev–Trinajstić information content (AvgIpc) is 2.83. The fourth-order valence-electron chi connectivity index (χ4n) is 2.19. The SMILES string of the molecule is CB(O)N1CCN(CCC2(C)OCCO2)C1=O. The molecule has 0 aromatic rings. The minimum atomic E-state index is -0.720. The fraction of sp³-hybridized carbons (Fsp3) is 0.900. The van der Waals surface area contributed by atoms with Crippen LogP contribution in [0.1, 0.15) is 13.3 Å². The van der Waals surface area contributed by atoms with Gasteiger partial charge in [0, 0.05) is 26.1 Å². The van der Waals surface area contributed by atoms with Gasteiger partial charge in [-0.1, -0.05) is 0 Å². The first-order valence-electron chi connectivity index (χ1n) is 6.03. The van der Waals surface area contributed by atoms with Crippen LogP contribution in [0.15, 0.2) is 0 Å². The Morgan fingerprint density at radius 3 is 2.59 bits per heavy atom. The molecule has 2 aliphatic rings. The zero-order chi connectivity index (χ0) is 12.5. The quantitative estimate of drug-likeness (QED) is 0.704. The number of hydrogen-bond donors (Lipinski definition) is 1. The number of nitrogens with zero attached hydrogens (tertiary/aromatic N) is 2. The van der Waals surface area contributed by atoms with Crippen molar-refractivity contribution < 1.29 is 19.3 Å². The van der Waals surface area contributed by atoms with Gasteiger partial charge in [-0.3, -0.25) is 0 Å². The first kappa shape index (κ1) is 12.7. The van der Waals surface area contributed by atoms with Gasteiger partial charge in [0.1, 0.15) is 0 Å². The van der Waals surface area contributed by atoms with Crippen molar-refractivity contribution in [2.45, 2.75) is 26.0 Å². The molecular weight excluding hydrogens is 223 g/mol. The Bertz CT molecular complexity index is 294. The maximum atomic E-state index is 11.9. The first-order chi connectivity index (χ1) is 8.02. The summed E-state index contributed by atoms with van der Waals surface area (Å²) in [5.74, 6) is -0.557. The van der Waals surface area contributed by atoms with Gasteiger partial charge in [0.15, 0.2) is 5.79 Å². The number of rotatable bonds is 4. The van der Waals surface area contributed by atoms with E-state index in [1.165, 1.54) is 4.81 Å². The Labute approximate surface area is 102 Å². The molecule has 17 heavy (non-hydrogen) atoms. The van der Waals surface area contributed by atoms with Gasteiger partial charge in [0.25, 0.3) is 0 Å². The summed E-state index contributed by atoms with van der Waals surface area (Å²) >= 11 is 0. The molecule has 0 aromatic carbocycles. The summed E-state index contributed by atoms with van der Waals surface area (Å²) in [7, 11) is -0.720. The summed E-state index contributed by atoms with van der Waals surface area (Å²) in [6.07, 6.45) is 0.659. The zero-order valence-electron chi connectivity index (χ0n) is 10.4. The van der Waals surface area contributed by atoms with Gasteiger partial charge in [-0.05, 0) is 13.7 Å². The van der Waals surface area contributed by atoms with Crippen molar-refractivity contribution in [3.05, 3.63) is 0 Å². The van der Waals surface area contributed by atoms with E-state index in [0.717, 1.165) is 0 Å². The van der Waals surface area contributed by atoms with E-state index in [-0.39, 0.29) is 6.03 Å². The third-order valence-electron chi connectivity index (χ3n) is 3.31. The van der Waals surface area contributed by atoms with Crippen LogP contribution in [0.2, 0.25) is 6.82 Å². The van der Waals surface area contributed by atoms with Crippen LogP contribution in [0.25, 0.3) is 0 Å². The second-order valence-electron chi connectivity index (χ2n) is 4.68. The molecular formula is C10H19BN2O4. The van der Waals surface area contributed by atoms with Gasteiger partial charge in [0.05, 0.1) is 13.2 Å². The van der Waals surface area contributed by atoms with Crippen LogP contribution in [0.3, 0.4) is 0 Å². The normalized spacial score (nSPS) is 23.6. The largest absolute Gasteiger partial charge is 0.432 e. The van der Waals surface area contributed by atoms with Crippen molar-refractivity contribution in [2.75, 3.05) is 32.8 Å². The standard InChI is InChI=1S/C10H19BN2O4/c1-10(16-7-8-17-10)3-4-12-5-6-13(9(12)14)11(2)15/h15H,3-8H2,1-2H3. The first-order valence-corrected chi connectivity index (χ1v) is 6.03. The molecule has 0 spiro atoms. The van der Waals surface area contributed by atoms with Gasteiger partial charge in [-0.15, -0.1) is 0 Å². The highest BCUT2D eigenvalue weighted by Crippen LogP contribution is 2.23. The molecule has 2 heterocycles. The van der Waals surface area contributed by atoms with Crippen LogP contribution >= 0.6 is 0 Å².